The first kappa shape index (κ1) is 19.6. The molecule has 1 rings (SSSR count). The summed E-state index contributed by atoms with van der Waals surface area (Å²) in [4.78, 5) is 35.3. The molecule has 0 fully saturated rings. The highest BCUT2D eigenvalue weighted by Crippen LogP contribution is 2.39. The average Bonchev–Trinajstić information content (AvgIpc) is 2.93. The molecule has 0 aromatic carbocycles. The molecular formula is C12H23N2O6PS. The zero-order valence-electron chi connectivity index (χ0n) is 12.9. The maximum absolute atomic E-state index is 12.2. The van der Waals surface area contributed by atoms with Crippen molar-refractivity contribution in [3.05, 3.63) is 0 Å². The molecule has 0 unspecified atom stereocenters. The van der Waals surface area contributed by atoms with E-state index < -0.39 is 31.9 Å². The largest absolute Gasteiger partial charge is 0.469 e. The normalized spacial score (nSPS) is 17.3. The molecule has 22 heavy (non-hydrogen) atoms. The Labute approximate surface area is 134 Å². The van der Waals surface area contributed by atoms with Crippen LogP contribution in [0.2, 0.25) is 0 Å². The maximum Gasteiger partial charge on any atom is 0.469 e. The average molecular weight is 354 g/mol. The van der Waals surface area contributed by atoms with Crippen LogP contribution in [0.25, 0.3) is 0 Å². The van der Waals surface area contributed by atoms with Crippen molar-refractivity contribution in [1.29, 1.82) is 0 Å². The monoisotopic (exact) mass is 354 g/mol. The van der Waals surface area contributed by atoms with E-state index in [1.54, 1.807) is 18.8 Å². The molecule has 0 bridgehead atoms. The summed E-state index contributed by atoms with van der Waals surface area (Å²) in [5.41, 5.74) is -1.12. The molecule has 0 aliphatic carbocycles. The Morgan fingerprint density at radius 3 is 2.68 bits per heavy atom. The molecule has 0 aromatic heterocycles. The zero-order valence-corrected chi connectivity index (χ0v) is 14.6. The van der Waals surface area contributed by atoms with E-state index in [-0.39, 0.29) is 0 Å². The molecule has 0 saturated heterocycles. The van der Waals surface area contributed by atoms with Gasteiger partial charge in [-0.1, -0.05) is 13.8 Å². The summed E-state index contributed by atoms with van der Waals surface area (Å²) in [5.74, 6) is 0.449. The Morgan fingerprint density at radius 2 is 2.18 bits per heavy atom. The predicted molar refractivity (Wildman–Crippen MR) is 84.8 cm³/mol. The van der Waals surface area contributed by atoms with E-state index in [0.29, 0.717) is 13.0 Å². The molecule has 0 radical (unpaired) electrons. The van der Waals surface area contributed by atoms with Crippen LogP contribution in [0.15, 0.2) is 4.99 Å². The van der Waals surface area contributed by atoms with Crippen molar-refractivity contribution >= 4 is 30.5 Å². The Bertz CT molecular complexity index is 478. The van der Waals surface area contributed by atoms with E-state index in [1.807, 2.05) is 0 Å². The highest BCUT2D eigenvalue weighted by molar-refractivity contribution is 8.14. The van der Waals surface area contributed by atoms with Gasteiger partial charge < -0.3 is 19.8 Å². The van der Waals surface area contributed by atoms with E-state index in [2.05, 4.69) is 9.52 Å². The van der Waals surface area contributed by atoms with Crippen LogP contribution in [0, 0.1) is 5.41 Å². The minimum absolute atomic E-state index is 0.428. The number of aliphatic hydroxyl groups is 1. The molecule has 1 aliphatic heterocycles. The Kier molecular flexibility index (Phi) is 7.04. The number of hydrogen-bond donors (Lipinski definition) is 3. The molecule has 0 aromatic rings. The summed E-state index contributed by atoms with van der Waals surface area (Å²) < 4.78 is 15.1. The maximum atomic E-state index is 12.2. The van der Waals surface area contributed by atoms with E-state index in [4.69, 9.17) is 9.79 Å². The summed E-state index contributed by atoms with van der Waals surface area (Å²) in [6.45, 7) is 3.82. The minimum atomic E-state index is -4.64. The van der Waals surface area contributed by atoms with Gasteiger partial charge in [-0.2, -0.15) is 0 Å². The molecule has 1 atom stereocenters. The van der Waals surface area contributed by atoms with Gasteiger partial charge in [0.05, 0.1) is 11.7 Å². The molecule has 1 aliphatic rings. The number of phosphoric acid groups is 1. The third-order valence-corrected chi connectivity index (χ3v) is 4.78. The first-order valence-corrected chi connectivity index (χ1v) is 9.34. The molecule has 3 N–H and O–H groups in total. The lowest BCUT2D eigenvalue weighted by molar-refractivity contribution is -0.146. The number of aliphatic hydroxyl groups excluding tert-OH is 1. The van der Waals surface area contributed by atoms with Crippen molar-refractivity contribution in [1.82, 2.24) is 4.90 Å². The number of aliphatic imine (C=N–C) groups is 1. The first-order valence-electron chi connectivity index (χ1n) is 6.82. The number of nitrogens with zero attached hydrogens (tertiary/aromatic N) is 2. The minimum Gasteiger partial charge on any atom is -0.383 e. The van der Waals surface area contributed by atoms with Crippen molar-refractivity contribution in [2.45, 2.75) is 26.4 Å². The van der Waals surface area contributed by atoms with Crippen LogP contribution in [-0.2, 0) is 13.9 Å². The van der Waals surface area contributed by atoms with Gasteiger partial charge in [0.1, 0.15) is 6.10 Å². The fourth-order valence-corrected chi connectivity index (χ4v) is 3.11. The smallest absolute Gasteiger partial charge is 0.383 e. The van der Waals surface area contributed by atoms with Crippen LogP contribution >= 0.6 is 19.6 Å². The van der Waals surface area contributed by atoms with Gasteiger partial charge in [0.2, 0.25) is 0 Å². The summed E-state index contributed by atoms with van der Waals surface area (Å²) in [7, 11) is -3.06. The second-order valence-corrected chi connectivity index (χ2v) is 8.20. The fourth-order valence-electron chi connectivity index (χ4n) is 1.78. The molecule has 0 saturated carbocycles. The Hall–Kier alpha value is -0.440. The predicted octanol–water partition coefficient (Wildman–Crippen LogP) is 0.477. The number of carbonyl (C=O) groups is 1. The van der Waals surface area contributed by atoms with Gasteiger partial charge in [-0.3, -0.25) is 14.3 Å². The second-order valence-electron chi connectivity index (χ2n) is 5.79. The van der Waals surface area contributed by atoms with Crippen LogP contribution in [-0.4, -0.2) is 69.3 Å². The number of rotatable bonds is 8. The van der Waals surface area contributed by atoms with Crippen molar-refractivity contribution in [3.8, 4) is 0 Å². The van der Waals surface area contributed by atoms with Crippen LogP contribution < -0.4 is 0 Å². The molecule has 0 spiro atoms. The molecule has 1 heterocycles. The molecule has 128 valence electrons. The lowest BCUT2D eigenvalue weighted by Crippen LogP contribution is -2.46. The van der Waals surface area contributed by atoms with Crippen LogP contribution in [0.1, 0.15) is 20.3 Å². The number of amides is 1. The van der Waals surface area contributed by atoms with E-state index in [1.165, 1.54) is 18.7 Å². The quantitative estimate of drug-likeness (QED) is 0.542. The lowest BCUT2D eigenvalue weighted by Gasteiger charge is -2.32. The number of hydrogen-bond acceptors (Lipinski definition) is 6. The third kappa shape index (κ3) is 6.36. The van der Waals surface area contributed by atoms with Gasteiger partial charge >= 0.3 is 7.82 Å². The van der Waals surface area contributed by atoms with Crippen molar-refractivity contribution in [2.24, 2.45) is 10.4 Å². The summed E-state index contributed by atoms with van der Waals surface area (Å²) in [6.07, 6.45) is -0.777. The van der Waals surface area contributed by atoms with Crippen LogP contribution in [0.4, 0.5) is 0 Å². The van der Waals surface area contributed by atoms with Gasteiger partial charge in [-0.05, 0) is 0 Å². The molecular weight excluding hydrogens is 331 g/mol. The first-order chi connectivity index (χ1) is 10.0. The number of thioether (sulfide) groups is 1. The summed E-state index contributed by atoms with van der Waals surface area (Å²) in [6, 6.07) is 0. The Balaban J connectivity index is 2.52. The molecule has 10 heteroatoms. The lowest BCUT2D eigenvalue weighted by atomic mass is 9.87. The standard InChI is InChI=1S/C12H23N2O6PS/c1-12(2,8-20-21(17,18)19)10(15)11(16)14(3)6-4-9-13-5-7-22-9/h10,15H,4-8H2,1-3H3,(H2,17,18,19)/t10-/m0/s1. The van der Waals surface area contributed by atoms with Gasteiger partial charge in [0, 0.05) is 37.7 Å². The van der Waals surface area contributed by atoms with Crippen LogP contribution in [0.3, 0.4) is 0 Å². The van der Waals surface area contributed by atoms with Crippen molar-refractivity contribution < 1.29 is 28.8 Å². The second kappa shape index (κ2) is 7.90. The Morgan fingerprint density at radius 1 is 1.55 bits per heavy atom. The zero-order chi connectivity index (χ0) is 17.0. The summed E-state index contributed by atoms with van der Waals surface area (Å²) >= 11 is 1.66. The van der Waals surface area contributed by atoms with E-state index >= 15 is 0 Å². The molecule has 1 amide bonds. The van der Waals surface area contributed by atoms with Gasteiger partial charge in [-0.15, -0.1) is 11.8 Å². The number of carbonyl (C=O) groups excluding carboxylic acids is 1. The van der Waals surface area contributed by atoms with Gasteiger partial charge in [-0.25, -0.2) is 4.57 Å². The third-order valence-electron chi connectivity index (χ3n) is 3.26. The number of phosphoric ester groups is 1. The van der Waals surface area contributed by atoms with Gasteiger partial charge in [0.15, 0.2) is 0 Å². The number of likely N-dealkylation sites (N-methyl/N-ethyl adjacent to an activating group) is 1. The van der Waals surface area contributed by atoms with Crippen molar-refractivity contribution in [3.63, 3.8) is 0 Å². The topological polar surface area (TPSA) is 120 Å². The SMILES string of the molecule is CN(CCC1=NCCS1)C(=O)[C@H](O)C(C)(C)COP(=O)(O)O. The van der Waals surface area contributed by atoms with E-state index in [9.17, 15) is 14.5 Å². The van der Waals surface area contributed by atoms with Gasteiger partial charge in [0.25, 0.3) is 5.91 Å². The highest BCUT2D eigenvalue weighted by atomic mass is 32.2. The van der Waals surface area contributed by atoms with E-state index in [0.717, 1.165) is 17.3 Å². The van der Waals surface area contributed by atoms with Crippen molar-refractivity contribution in [2.75, 3.05) is 32.5 Å². The van der Waals surface area contributed by atoms with Crippen LogP contribution in [0.5, 0.6) is 0 Å². The fraction of sp³-hybridized carbons (Fsp3) is 0.833. The summed E-state index contributed by atoms with van der Waals surface area (Å²) in [5, 5.41) is 11.1. The highest BCUT2D eigenvalue weighted by Gasteiger charge is 2.37. The molecule has 8 nitrogen and oxygen atoms in total.